The van der Waals surface area contributed by atoms with Crippen molar-refractivity contribution in [2.45, 2.75) is 19.5 Å². The Morgan fingerprint density at radius 3 is 2.52 bits per heavy atom. The number of amides is 1. The molecule has 1 amide bonds. The first-order valence-electron chi connectivity index (χ1n) is 7.20. The molecule has 0 saturated heterocycles. The molecule has 0 fully saturated rings. The highest BCUT2D eigenvalue weighted by molar-refractivity contribution is 5.94. The van der Waals surface area contributed by atoms with Crippen LogP contribution in [-0.2, 0) is 6.54 Å². The van der Waals surface area contributed by atoms with Crippen LogP contribution in [0.1, 0.15) is 22.8 Å². The molecule has 2 rings (SSSR count). The molecule has 0 radical (unpaired) electrons. The van der Waals surface area contributed by atoms with Gasteiger partial charge in [-0.25, -0.2) is 8.78 Å². The van der Waals surface area contributed by atoms with E-state index < -0.39 is 11.6 Å². The van der Waals surface area contributed by atoms with Crippen LogP contribution in [0.2, 0.25) is 0 Å². The third-order valence-electron chi connectivity index (χ3n) is 3.31. The zero-order valence-corrected chi connectivity index (χ0v) is 12.6. The number of benzene rings is 2. The molecule has 0 aromatic heterocycles. The second-order valence-electron chi connectivity index (χ2n) is 5.20. The van der Waals surface area contributed by atoms with Crippen LogP contribution in [0.25, 0.3) is 0 Å². The molecule has 0 spiro atoms. The van der Waals surface area contributed by atoms with Crippen LogP contribution in [0.3, 0.4) is 0 Å². The minimum absolute atomic E-state index is 0.134. The molecule has 0 unspecified atom stereocenters. The van der Waals surface area contributed by atoms with Gasteiger partial charge >= 0.3 is 0 Å². The molecular formula is C17H18F2N2O2. The van der Waals surface area contributed by atoms with E-state index in [9.17, 15) is 13.6 Å². The summed E-state index contributed by atoms with van der Waals surface area (Å²) in [6.07, 6.45) is 0. The molecule has 0 bridgehead atoms. The number of hydrogen-bond donors (Lipinski definition) is 3. The highest BCUT2D eigenvalue weighted by Crippen LogP contribution is 2.15. The Morgan fingerprint density at radius 2 is 1.87 bits per heavy atom. The lowest BCUT2D eigenvalue weighted by Gasteiger charge is -2.12. The number of nitrogens with one attached hydrogen (secondary N) is 2. The van der Waals surface area contributed by atoms with Gasteiger partial charge in [0.25, 0.3) is 5.91 Å². The molecule has 23 heavy (non-hydrogen) atoms. The van der Waals surface area contributed by atoms with E-state index in [-0.39, 0.29) is 30.7 Å². The second kappa shape index (κ2) is 7.69. The number of halogens is 2. The van der Waals surface area contributed by atoms with Gasteiger partial charge in [-0.05, 0) is 37.3 Å². The average molecular weight is 320 g/mol. The average Bonchev–Trinajstić information content (AvgIpc) is 2.56. The fraction of sp³-hybridized carbons (Fsp3) is 0.235. The molecule has 2 aromatic rings. The molecule has 122 valence electrons. The molecule has 6 heteroatoms. The van der Waals surface area contributed by atoms with Gasteiger partial charge < -0.3 is 15.7 Å². The van der Waals surface area contributed by atoms with Crippen LogP contribution >= 0.6 is 0 Å². The summed E-state index contributed by atoms with van der Waals surface area (Å²) < 4.78 is 26.7. The van der Waals surface area contributed by atoms with E-state index >= 15 is 0 Å². The lowest BCUT2D eigenvalue weighted by atomic mass is 10.1. The zero-order valence-electron chi connectivity index (χ0n) is 12.6. The summed E-state index contributed by atoms with van der Waals surface area (Å²) in [5, 5.41) is 14.5. The van der Waals surface area contributed by atoms with Gasteiger partial charge in [-0.3, -0.25) is 4.79 Å². The van der Waals surface area contributed by atoms with Crippen LogP contribution in [-0.4, -0.2) is 23.7 Å². The first kappa shape index (κ1) is 16.9. The summed E-state index contributed by atoms with van der Waals surface area (Å²) in [6.45, 7) is 1.70. The van der Waals surface area contributed by atoms with Gasteiger partial charge in [0.2, 0.25) is 0 Å². The van der Waals surface area contributed by atoms with Gasteiger partial charge in [0.1, 0.15) is 0 Å². The highest BCUT2D eigenvalue weighted by atomic mass is 19.2. The van der Waals surface area contributed by atoms with Crippen molar-refractivity contribution in [3.8, 4) is 0 Å². The Bertz CT molecular complexity index is 675. The molecule has 0 aliphatic carbocycles. The maximum absolute atomic E-state index is 13.5. The molecule has 3 N–H and O–H groups in total. The van der Waals surface area contributed by atoms with Gasteiger partial charge in [-0.1, -0.05) is 12.1 Å². The minimum Gasteiger partial charge on any atom is -0.394 e. The SMILES string of the molecule is C[C@@H](CO)NC(=O)c1ccc(NCc2cccc(F)c2F)cc1. The molecule has 1 atom stereocenters. The van der Waals surface area contributed by atoms with E-state index in [1.165, 1.54) is 12.1 Å². The predicted molar refractivity (Wildman–Crippen MR) is 84.1 cm³/mol. The molecule has 0 saturated carbocycles. The van der Waals surface area contributed by atoms with Gasteiger partial charge in [0.05, 0.1) is 6.61 Å². The third kappa shape index (κ3) is 4.50. The minimum atomic E-state index is -0.880. The van der Waals surface area contributed by atoms with Crippen LogP contribution in [0, 0.1) is 11.6 Å². The Hall–Kier alpha value is -2.47. The van der Waals surface area contributed by atoms with Gasteiger partial charge in [-0.2, -0.15) is 0 Å². The van der Waals surface area contributed by atoms with Crippen molar-refractivity contribution in [2.24, 2.45) is 0 Å². The molecule has 0 aliphatic heterocycles. The monoisotopic (exact) mass is 320 g/mol. The van der Waals surface area contributed by atoms with E-state index in [0.29, 0.717) is 11.3 Å². The van der Waals surface area contributed by atoms with Crippen molar-refractivity contribution < 1.29 is 18.7 Å². The fourth-order valence-corrected chi connectivity index (χ4v) is 1.97. The van der Waals surface area contributed by atoms with Crippen molar-refractivity contribution in [2.75, 3.05) is 11.9 Å². The molecule has 2 aromatic carbocycles. The summed E-state index contributed by atoms with van der Waals surface area (Å²) in [4.78, 5) is 11.9. The van der Waals surface area contributed by atoms with Crippen molar-refractivity contribution in [3.63, 3.8) is 0 Å². The quantitative estimate of drug-likeness (QED) is 0.767. The number of rotatable bonds is 6. The summed E-state index contributed by atoms with van der Waals surface area (Å²) in [6, 6.07) is 10.3. The fourth-order valence-electron chi connectivity index (χ4n) is 1.97. The van der Waals surface area contributed by atoms with E-state index in [1.807, 2.05) is 0 Å². The third-order valence-corrected chi connectivity index (χ3v) is 3.31. The summed E-state index contributed by atoms with van der Waals surface area (Å²) in [5.41, 5.74) is 1.36. The lowest BCUT2D eigenvalue weighted by molar-refractivity contribution is 0.0922. The predicted octanol–water partition coefficient (Wildman–Crippen LogP) is 2.69. The molecule has 4 nitrogen and oxygen atoms in total. The summed E-state index contributed by atoms with van der Waals surface area (Å²) in [7, 11) is 0. The number of aliphatic hydroxyl groups excluding tert-OH is 1. The van der Waals surface area contributed by atoms with E-state index in [1.54, 1.807) is 31.2 Å². The van der Waals surface area contributed by atoms with Crippen molar-refractivity contribution >= 4 is 11.6 Å². The number of carbonyl (C=O) groups excluding carboxylic acids is 1. The Balaban J connectivity index is 1.97. The normalized spacial score (nSPS) is 11.8. The Morgan fingerprint density at radius 1 is 1.17 bits per heavy atom. The maximum atomic E-state index is 13.5. The highest BCUT2D eigenvalue weighted by Gasteiger charge is 2.09. The van der Waals surface area contributed by atoms with Gasteiger partial charge in [0.15, 0.2) is 11.6 Å². The van der Waals surface area contributed by atoms with E-state index in [2.05, 4.69) is 10.6 Å². The van der Waals surface area contributed by atoms with E-state index in [0.717, 1.165) is 6.07 Å². The topological polar surface area (TPSA) is 61.4 Å². The molecule has 0 heterocycles. The number of carbonyl (C=O) groups is 1. The Kier molecular flexibility index (Phi) is 5.65. The first-order chi connectivity index (χ1) is 11.0. The van der Waals surface area contributed by atoms with Crippen LogP contribution in [0.4, 0.5) is 14.5 Å². The van der Waals surface area contributed by atoms with Crippen LogP contribution < -0.4 is 10.6 Å². The lowest BCUT2D eigenvalue weighted by Crippen LogP contribution is -2.34. The van der Waals surface area contributed by atoms with E-state index in [4.69, 9.17) is 5.11 Å². The Labute approximate surface area is 133 Å². The maximum Gasteiger partial charge on any atom is 0.251 e. The van der Waals surface area contributed by atoms with Crippen molar-refractivity contribution in [1.29, 1.82) is 0 Å². The van der Waals surface area contributed by atoms with Crippen LogP contribution in [0.5, 0.6) is 0 Å². The summed E-state index contributed by atoms with van der Waals surface area (Å²) in [5.74, 6) is -2.03. The first-order valence-corrected chi connectivity index (χ1v) is 7.20. The number of aliphatic hydroxyl groups is 1. The van der Waals surface area contributed by atoms with Gasteiger partial charge in [0, 0.05) is 29.4 Å². The largest absolute Gasteiger partial charge is 0.394 e. The number of anilines is 1. The van der Waals surface area contributed by atoms with Gasteiger partial charge in [-0.15, -0.1) is 0 Å². The smallest absolute Gasteiger partial charge is 0.251 e. The zero-order chi connectivity index (χ0) is 16.8. The van der Waals surface area contributed by atoms with Crippen LogP contribution in [0.15, 0.2) is 42.5 Å². The van der Waals surface area contributed by atoms with Crippen molar-refractivity contribution in [1.82, 2.24) is 5.32 Å². The second-order valence-corrected chi connectivity index (χ2v) is 5.20. The standard InChI is InChI=1S/C17H18F2N2O2/c1-11(10-22)21-17(23)12-5-7-14(8-6-12)20-9-13-3-2-4-15(18)16(13)19/h2-8,11,20,22H,9-10H2,1H3,(H,21,23)/t11-/m0/s1. The molecular weight excluding hydrogens is 302 g/mol. The van der Waals surface area contributed by atoms with Crippen molar-refractivity contribution in [3.05, 3.63) is 65.2 Å². The molecule has 0 aliphatic rings. The number of hydrogen-bond acceptors (Lipinski definition) is 3. The summed E-state index contributed by atoms with van der Waals surface area (Å²) >= 11 is 0.